The zero-order valence-electron chi connectivity index (χ0n) is 16.7. The van der Waals surface area contributed by atoms with E-state index in [0.29, 0.717) is 42.9 Å². The fraction of sp³-hybridized carbons (Fsp3) is 0.409. The van der Waals surface area contributed by atoms with Crippen molar-refractivity contribution in [1.82, 2.24) is 20.3 Å². The van der Waals surface area contributed by atoms with Crippen LogP contribution in [0.2, 0.25) is 0 Å². The van der Waals surface area contributed by atoms with Crippen molar-refractivity contribution >= 4 is 16.9 Å². The van der Waals surface area contributed by atoms with Gasteiger partial charge < -0.3 is 20.1 Å². The maximum absolute atomic E-state index is 5.83. The first-order valence-electron chi connectivity index (χ1n) is 10.2. The highest BCUT2D eigenvalue weighted by molar-refractivity contribution is 5.88. The van der Waals surface area contributed by atoms with Crippen LogP contribution in [0.1, 0.15) is 25.5 Å². The largest absolute Gasteiger partial charge is 0.484 e. The molecule has 7 nitrogen and oxygen atoms in total. The summed E-state index contributed by atoms with van der Waals surface area (Å²) < 4.78 is 11.4. The van der Waals surface area contributed by atoms with E-state index in [1.165, 1.54) is 0 Å². The van der Waals surface area contributed by atoms with Crippen LogP contribution in [0.25, 0.3) is 22.0 Å². The SMILES string of the molecule is Cc1nc(N[C@H]2CCN[C@@H](C)C2)nc2ccc(-c3ccnc4c3OCCO4)cc12. The number of benzene rings is 1. The Labute approximate surface area is 169 Å². The molecule has 0 amide bonds. The lowest BCUT2D eigenvalue weighted by Crippen LogP contribution is -2.41. The third-order valence-corrected chi connectivity index (χ3v) is 5.59. The Morgan fingerprint density at radius 2 is 2.03 bits per heavy atom. The second-order valence-electron chi connectivity index (χ2n) is 7.78. The Balaban J connectivity index is 1.48. The van der Waals surface area contributed by atoms with Crippen LogP contribution >= 0.6 is 0 Å². The quantitative estimate of drug-likeness (QED) is 0.709. The van der Waals surface area contributed by atoms with Gasteiger partial charge in [0.25, 0.3) is 5.88 Å². The van der Waals surface area contributed by atoms with E-state index < -0.39 is 0 Å². The van der Waals surface area contributed by atoms with Crippen molar-refractivity contribution < 1.29 is 9.47 Å². The van der Waals surface area contributed by atoms with Crippen LogP contribution in [-0.4, -0.2) is 46.8 Å². The van der Waals surface area contributed by atoms with Gasteiger partial charge in [-0.15, -0.1) is 0 Å². The predicted molar refractivity (Wildman–Crippen MR) is 113 cm³/mol. The molecule has 0 unspecified atom stereocenters. The van der Waals surface area contributed by atoms with Gasteiger partial charge in [-0.2, -0.15) is 0 Å². The molecule has 1 saturated heterocycles. The summed E-state index contributed by atoms with van der Waals surface area (Å²) in [6.07, 6.45) is 3.91. The van der Waals surface area contributed by atoms with Gasteiger partial charge in [-0.3, -0.25) is 0 Å². The summed E-state index contributed by atoms with van der Waals surface area (Å²) in [7, 11) is 0. The standard InChI is InChI=1S/C22H25N5O2/c1-13-11-16(5-7-23-13)26-22-25-14(2)18-12-15(3-4-19(18)27-22)17-6-8-24-21-20(17)28-9-10-29-21/h3-4,6,8,12-13,16,23H,5,7,9-11H2,1-2H3,(H,25,26,27)/t13-,16-/m0/s1. The number of rotatable bonds is 3. The lowest BCUT2D eigenvalue weighted by molar-refractivity contribution is 0.165. The summed E-state index contributed by atoms with van der Waals surface area (Å²) in [5, 5.41) is 8.04. The van der Waals surface area contributed by atoms with Crippen molar-refractivity contribution in [2.24, 2.45) is 0 Å². The topological polar surface area (TPSA) is 81.2 Å². The Kier molecular flexibility index (Phi) is 4.67. The number of fused-ring (bicyclic) bond motifs is 2. The number of hydrogen-bond donors (Lipinski definition) is 2. The van der Waals surface area contributed by atoms with Crippen molar-refractivity contribution in [2.45, 2.75) is 38.8 Å². The molecule has 0 spiro atoms. The van der Waals surface area contributed by atoms with E-state index in [-0.39, 0.29) is 0 Å². The number of pyridine rings is 1. The van der Waals surface area contributed by atoms with E-state index in [2.05, 4.69) is 34.7 Å². The first-order valence-corrected chi connectivity index (χ1v) is 10.2. The first kappa shape index (κ1) is 18.1. The van der Waals surface area contributed by atoms with E-state index in [1.54, 1.807) is 6.20 Å². The van der Waals surface area contributed by atoms with Crippen molar-refractivity contribution in [2.75, 3.05) is 25.1 Å². The molecule has 4 heterocycles. The molecule has 150 valence electrons. The molecular formula is C22H25N5O2. The van der Waals surface area contributed by atoms with Crippen LogP contribution in [0.4, 0.5) is 5.95 Å². The van der Waals surface area contributed by atoms with Crippen LogP contribution in [-0.2, 0) is 0 Å². The third kappa shape index (κ3) is 3.58. The fourth-order valence-electron chi connectivity index (χ4n) is 4.14. The summed E-state index contributed by atoms with van der Waals surface area (Å²) in [6, 6.07) is 9.11. The summed E-state index contributed by atoms with van der Waals surface area (Å²) in [5.41, 5.74) is 3.91. The first-order chi connectivity index (χ1) is 14.2. The Morgan fingerprint density at radius 3 is 2.93 bits per heavy atom. The van der Waals surface area contributed by atoms with E-state index in [4.69, 9.17) is 19.4 Å². The molecular weight excluding hydrogens is 366 g/mol. The average molecular weight is 391 g/mol. The van der Waals surface area contributed by atoms with Crippen LogP contribution in [0.15, 0.2) is 30.5 Å². The molecule has 0 aliphatic carbocycles. The van der Waals surface area contributed by atoms with Gasteiger partial charge in [0.15, 0.2) is 5.75 Å². The molecule has 2 atom stereocenters. The Bertz CT molecular complexity index is 1050. The van der Waals surface area contributed by atoms with Gasteiger partial charge in [-0.05, 0) is 57.0 Å². The zero-order valence-corrected chi connectivity index (χ0v) is 16.7. The van der Waals surface area contributed by atoms with Gasteiger partial charge in [0.05, 0.1) is 11.2 Å². The second-order valence-corrected chi connectivity index (χ2v) is 7.78. The van der Waals surface area contributed by atoms with E-state index in [1.807, 2.05) is 19.1 Å². The number of nitrogens with zero attached hydrogens (tertiary/aromatic N) is 3. The van der Waals surface area contributed by atoms with Crippen molar-refractivity contribution in [3.8, 4) is 22.8 Å². The Morgan fingerprint density at radius 1 is 1.14 bits per heavy atom. The van der Waals surface area contributed by atoms with Gasteiger partial charge >= 0.3 is 0 Å². The van der Waals surface area contributed by atoms with E-state index in [0.717, 1.165) is 47.1 Å². The van der Waals surface area contributed by atoms with Crippen LogP contribution in [0.3, 0.4) is 0 Å². The molecule has 1 fully saturated rings. The fourth-order valence-corrected chi connectivity index (χ4v) is 4.14. The minimum Gasteiger partial charge on any atom is -0.484 e. The molecule has 0 radical (unpaired) electrons. The maximum Gasteiger partial charge on any atom is 0.257 e. The molecule has 7 heteroatoms. The van der Waals surface area contributed by atoms with Gasteiger partial charge in [-0.1, -0.05) is 6.07 Å². The van der Waals surface area contributed by atoms with Crippen LogP contribution in [0.5, 0.6) is 11.6 Å². The normalized spacial score (nSPS) is 21.2. The molecule has 1 aromatic carbocycles. The second kappa shape index (κ2) is 7.48. The van der Waals surface area contributed by atoms with Crippen molar-refractivity contribution in [3.63, 3.8) is 0 Å². The highest BCUT2D eigenvalue weighted by atomic mass is 16.6. The van der Waals surface area contributed by atoms with Gasteiger partial charge in [0, 0.05) is 29.2 Å². The van der Waals surface area contributed by atoms with Crippen molar-refractivity contribution in [3.05, 3.63) is 36.2 Å². The van der Waals surface area contributed by atoms with E-state index >= 15 is 0 Å². The summed E-state index contributed by atoms with van der Waals surface area (Å²) in [5.74, 6) is 1.97. The molecule has 3 aromatic rings. The minimum absolute atomic E-state index is 0.405. The number of ether oxygens (including phenoxy) is 2. The highest BCUT2D eigenvalue weighted by Crippen LogP contribution is 2.39. The Hall–Kier alpha value is -2.93. The number of aromatic nitrogens is 3. The summed E-state index contributed by atoms with van der Waals surface area (Å²) in [6.45, 7) is 6.34. The molecule has 2 aliphatic rings. The average Bonchev–Trinajstić information content (AvgIpc) is 2.73. The molecule has 5 rings (SSSR count). The molecule has 2 aliphatic heterocycles. The smallest absolute Gasteiger partial charge is 0.257 e. The minimum atomic E-state index is 0.405. The molecule has 0 saturated carbocycles. The van der Waals surface area contributed by atoms with Crippen molar-refractivity contribution in [1.29, 1.82) is 0 Å². The van der Waals surface area contributed by atoms with E-state index in [9.17, 15) is 0 Å². The number of aryl methyl sites for hydroxylation is 1. The van der Waals surface area contributed by atoms with Gasteiger partial charge in [0.2, 0.25) is 5.95 Å². The third-order valence-electron chi connectivity index (χ3n) is 5.59. The van der Waals surface area contributed by atoms with Crippen LogP contribution < -0.4 is 20.1 Å². The summed E-state index contributed by atoms with van der Waals surface area (Å²) >= 11 is 0. The predicted octanol–water partition coefficient (Wildman–Crippen LogP) is 3.32. The maximum atomic E-state index is 5.83. The van der Waals surface area contributed by atoms with Crippen LogP contribution in [0, 0.1) is 6.92 Å². The monoisotopic (exact) mass is 391 g/mol. The number of anilines is 1. The van der Waals surface area contributed by atoms with Gasteiger partial charge in [-0.25, -0.2) is 15.0 Å². The molecule has 29 heavy (non-hydrogen) atoms. The number of hydrogen-bond acceptors (Lipinski definition) is 7. The summed E-state index contributed by atoms with van der Waals surface area (Å²) in [4.78, 5) is 13.8. The number of piperidine rings is 1. The number of nitrogens with one attached hydrogen (secondary N) is 2. The lowest BCUT2D eigenvalue weighted by atomic mass is 10.0. The molecule has 2 N–H and O–H groups in total. The van der Waals surface area contributed by atoms with Gasteiger partial charge in [0.1, 0.15) is 13.2 Å². The lowest BCUT2D eigenvalue weighted by Gasteiger charge is -2.28. The molecule has 0 bridgehead atoms. The zero-order chi connectivity index (χ0) is 19.8. The molecule has 2 aromatic heterocycles. The highest BCUT2D eigenvalue weighted by Gasteiger charge is 2.21.